The Labute approximate surface area is 150 Å². The molecule has 2 aromatic heterocycles. The van der Waals surface area contributed by atoms with Crippen LogP contribution in [-0.2, 0) is 24.3 Å². The van der Waals surface area contributed by atoms with Gasteiger partial charge in [-0.1, -0.05) is 5.16 Å². The maximum absolute atomic E-state index is 11.7. The van der Waals surface area contributed by atoms with Crippen LogP contribution in [0.25, 0.3) is 11.0 Å². The van der Waals surface area contributed by atoms with Gasteiger partial charge in [0.15, 0.2) is 5.58 Å². The number of benzene rings is 1. The van der Waals surface area contributed by atoms with Gasteiger partial charge in [0.2, 0.25) is 0 Å². The SMILES string of the molecule is C#CC(=O)N1CCc2c(cnn2Cc2cc(OC)c3c(C)noc3c2)C1. The molecule has 1 aromatic carbocycles. The number of methoxy groups -OCH3 is 1. The van der Waals surface area contributed by atoms with E-state index < -0.39 is 0 Å². The number of carbonyl (C=O) groups is 1. The van der Waals surface area contributed by atoms with E-state index in [2.05, 4.69) is 16.2 Å². The van der Waals surface area contributed by atoms with E-state index in [1.54, 1.807) is 18.2 Å². The van der Waals surface area contributed by atoms with Gasteiger partial charge >= 0.3 is 0 Å². The van der Waals surface area contributed by atoms with Crippen LogP contribution in [-0.4, -0.2) is 39.4 Å². The number of aryl methyl sites for hydroxylation is 1. The van der Waals surface area contributed by atoms with Crippen molar-refractivity contribution in [3.8, 4) is 18.1 Å². The third kappa shape index (κ3) is 2.60. The Morgan fingerprint density at radius 1 is 1.46 bits per heavy atom. The van der Waals surface area contributed by atoms with Gasteiger partial charge in [-0.15, -0.1) is 6.42 Å². The highest BCUT2D eigenvalue weighted by atomic mass is 16.5. The standard InChI is InChI=1S/C19H18N4O3/c1-4-18(24)22-6-5-15-14(11-22)9-20-23(15)10-13-7-16(25-3)19-12(2)21-26-17(19)8-13/h1,7-9H,5-6,10-11H2,2-3H3. The Balaban J connectivity index is 1.64. The molecule has 1 aliphatic rings. The number of ether oxygens (including phenoxy) is 1. The molecule has 7 heteroatoms. The van der Waals surface area contributed by atoms with Crippen molar-refractivity contribution in [2.75, 3.05) is 13.7 Å². The van der Waals surface area contributed by atoms with Crippen molar-refractivity contribution in [1.82, 2.24) is 19.8 Å². The van der Waals surface area contributed by atoms with E-state index in [9.17, 15) is 4.79 Å². The van der Waals surface area contributed by atoms with Crippen LogP contribution in [0.2, 0.25) is 0 Å². The molecule has 3 heterocycles. The van der Waals surface area contributed by atoms with Crippen LogP contribution in [0, 0.1) is 19.3 Å². The van der Waals surface area contributed by atoms with Crippen molar-refractivity contribution in [2.45, 2.75) is 26.4 Å². The summed E-state index contributed by atoms with van der Waals surface area (Å²) in [6.07, 6.45) is 7.75. The van der Waals surface area contributed by atoms with Gasteiger partial charge in [0, 0.05) is 30.8 Å². The lowest BCUT2D eigenvalue weighted by atomic mass is 10.1. The summed E-state index contributed by atoms with van der Waals surface area (Å²) in [6, 6.07) is 3.94. The van der Waals surface area contributed by atoms with Gasteiger partial charge in [-0.25, -0.2) is 0 Å². The van der Waals surface area contributed by atoms with Crippen LogP contribution in [0.15, 0.2) is 22.9 Å². The molecule has 0 unspecified atom stereocenters. The van der Waals surface area contributed by atoms with Gasteiger partial charge in [-0.3, -0.25) is 9.48 Å². The lowest BCUT2D eigenvalue weighted by molar-refractivity contribution is -0.125. The third-order valence-corrected chi connectivity index (χ3v) is 4.75. The van der Waals surface area contributed by atoms with E-state index in [0.29, 0.717) is 25.2 Å². The molecule has 0 fully saturated rings. The average molecular weight is 350 g/mol. The molecule has 0 N–H and O–H groups in total. The summed E-state index contributed by atoms with van der Waals surface area (Å²) in [5.74, 6) is 2.63. The normalized spacial score (nSPS) is 13.5. The van der Waals surface area contributed by atoms with Crippen molar-refractivity contribution in [2.24, 2.45) is 0 Å². The lowest BCUT2D eigenvalue weighted by Gasteiger charge is -2.25. The van der Waals surface area contributed by atoms with Crippen LogP contribution >= 0.6 is 0 Å². The smallest absolute Gasteiger partial charge is 0.298 e. The number of aromatic nitrogens is 3. The van der Waals surface area contributed by atoms with Crippen LogP contribution < -0.4 is 4.74 Å². The highest BCUT2D eigenvalue weighted by Gasteiger charge is 2.23. The number of amides is 1. The summed E-state index contributed by atoms with van der Waals surface area (Å²) in [5, 5.41) is 9.40. The fraction of sp³-hybridized carbons (Fsp3) is 0.316. The zero-order chi connectivity index (χ0) is 18.3. The van der Waals surface area contributed by atoms with Crippen molar-refractivity contribution < 1.29 is 14.1 Å². The Hall–Kier alpha value is -3.27. The molecule has 1 aliphatic heterocycles. The van der Waals surface area contributed by atoms with Crippen molar-refractivity contribution in [1.29, 1.82) is 0 Å². The summed E-state index contributed by atoms with van der Waals surface area (Å²) in [4.78, 5) is 13.4. The van der Waals surface area contributed by atoms with Gasteiger partial charge < -0.3 is 14.2 Å². The molecule has 132 valence electrons. The second kappa shape index (κ2) is 6.23. The zero-order valence-electron chi connectivity index (χ0n) is 14.7. The highest BCUT2D eigenvalue weighted by molar-refractivity contribution is 5.93. The van der Waals surface area contributed by atoms with Gasteiger partial charge in [0.05, 0.1) is 30.9 Å². The van der Waals surface area contributed by atoms with E-state index >= 15 is 0 Å². The topological polar surface area (TPSA) is 73.4 Å². The second-order valence-electron chi connectivity index (χ2n) is 6.33. The predicted molar refractivity (Wildman–Crippen MR) is 94.6 cm³/mol. The molecule has 3 aromatic rings. The first-order valence-corrected chi connectivity index (χ1v) is 8.32. The summed E-state index contributed by atoms with van der Waals surface area (Å²) in [6.45, 7) is 3.58. The summed E-state index contributed by atoms with van der Waals surface area (Å²) in [5.41, 5.74) is 4.67. The Morgan fingerprint density at radius 2 is 2.31 bits per heavy atom. The average Bonchev–Trinajstić information content (AvgIpc) is 3.24. The Bertz CT molecular complexity index is 1040. The number of rotatable bonds is 3. The van der Waals surface area contributed by atoms with Crippen LogP contribution in [0.5, 0.6) is 5.75 Å². The molecule has 0 bridgehead atoms. The monoisotopic (exact) mass is 350 g/mol. The fourth-order valence-corrected chi connectivity index (χ4v) is 3.46. The second-order valence-corrected chi connectivity index (χ2v) is 6.33. The molecule has 7 nitrogen and oxygen atoms in total. The Morgan fingerprint density at radius 3 is 3.08 bits per heavy atom. The van der Waals surface area contributed by atoms with E-state index in [1.807, 2.05) is 23.7 Å². The maximum Gasteiger partial charge on any atom is 0.298 e. The quantitative estimate of drug-likeness (QED) is 0.675. The molecule has 0 radical (unpaired) electrons. The minimum absolute atomic E-state index is 0.278. The first-order chi connectivity index (χ1) is 12.6. The van der Waals surface area contributed by atoms with Crippen LogP contribution in [0.1, 0.15) is 22.5 Å². The van der Waals surface area contributed by atoms with Gasteiger partial charge in [0.25, 0.3) is 5.91 Å². The lowest BCUT2D eigenvalue weighted by Crippen LogP contribution is -2.35. The largest absolute Gasteiger partial charge is 0.496 e. The number of hydrogen-bond donors (Lipinski definition) is 0. The van der Waals surface area contributed by atoms with Gasteiger partial charge in [-0.2, -0.15) is 5.10 Å². The van der Waals surface area contributed by atoms with E-state index in [1.165, 1.54) is 0 Å². The summed E-state index contributed by atoms with van der Waals surface area (Å²) < 4.78 is 12.8. The molecular weight excluding hydrogens is 332 g/mol. The summed E-state index contributed by atoms with van der Waals surface area (Å²) in [7, 11) is 1.64. The number of hydrogen-bond acceptors (Lipinski definition) is 5. The number of terminal acetylenes is 1. The fourth-order valence-electron chi connectivity index (χ4n) is 3.46. The molecule has 0 saturated heterocycles. The van der Waals surface area contributed by atoms with E-state index in [-0.39, 0.29) is 5.91 Å². The highest BCUT2D eigenvalue weighted by Crippen LogP contribution is 2.31. The van der Waals surface area contributed by atoms with E-state index in [0.717, 1.165) is 40.1 Å². The third-order valence-electron chi connectivity index (χ3n) is 4.75. The number of fused-ring (bicyclic) bond motifs is 2. The van der Waals surface area contributed by atoms with Crippen LogP contribution in [0.3, 0.4) is 0 Å². The number of carbonyl (C=O) groups excluding carboxylic acids is 1. The van der Waals surface area contributed by atoms with Gasteiger partial charge in [-0.05, 0) is 30.5 Å². The first-order valence-electron chi connectivity index (χ1n) is 8.32. The van der Waals surface area contributed by atoms with Crippen molar-refractivity contribution in [3.63, 3.8) is 0 Å². The van der Waals surface area contributed by atoms with Gasteiger partial charge in [0.1, 0.15) is 5.75 Å². The molecule has 0 atom stereocenters. The molecule has 0 aliphatic carbocycles. The summed E-state index contributed by atoms with van der Waals surface area (Å²) >= 11 is 0. The minimum Gasteiger partial charge on any atom is -0.496 e. The predicted octanol–water partition coefficient (Wildman–Crippen LogP) is 1.91. The first kappa shape index (κ1) is 16.2. The Kier molecular flexibility index (Phi) is 3.88. The van der Waals surface area contributed by atoms with Crippen LogP contribution in [0.4, 0.5) is 0 Å². The minimum atomic E-state index is -0.278. The number of nitrogens with zero attached hydrogens (tertiary/aromatic N) is 4. The molecule has 1 amide bonds. The molecule has 4 rings (SSSR count). The van der Waals surface area contributed by atoms with Crippen molar-refractivity contribution >= 4 is 16.9 Å². The zero-order valence-corrected chi connectivity index (χ0v) is 14.7. The molecular formula is C19H18N4O3. The molecule has 26 heavy (non-hydrogen) atoms. The van der Waals surface area contributed by atoms with E-state index in [4.69, 9.17) is 15.7 Å². The maximum atomic E-state index is 11.7. The molecule has 0 spiro atoms. The molecule has 0 saturated carbocycles. The van der Waals surface area contributed by atoms with Crippen molar-refractivity contribution in [3.05, 3.63) is 40.8 Å².